The van der Waals surface area contributed by atoms with Crippen LogP contribution < -0.4 is 5.73 Å². The summed E-state index contributed by atoms with van der Waals surface area (Å²) in [6, 6.07) is 0.0314. The third-order valence-electron chi connectivity index (χ3n) is 3.11. The zero-order valence-corrected chi connectivity index (χ0v) is 9.03. The van der Waals surface area contributed by atoms with E-state index in [9.17, 15) is 4.79 Å². The zero-order chi connectivity index (χ0) is 10.9. The molecule has 2 rings (SSSR count). The summed E-state index contributed by atoms with van der Waals surface area (Å²) in [4.78, 5) is 17.6. The van der Waals surface area contributed by atoms with Gasteiger partial charge in [-0.25, -0.2) is 0 Å². The van der Waals surface area contributed by atoms with Gasteiger partial charge in [-0.1, -0.05) is 6.92 Å². The van der Waals surface area contributed by atoms with Crippen molar-refractivity contribution in [2.75, 3.05) is 19.6 Å². The van der Waals surface area contributed by atoms with Gasteiger partial charge < -0.3 is 15.4 Å². The predicted octanol–water partition coefficient (Wildman–Crippen LogP) is 0.102. The Morgan fingerprint density at radius 1 is 1.53 bits per heavy atom. The maximum absolute atomic E-state index is 11.6. The van der Waals surface area contributed by atoms with Gasteiger partial charge in [0.15, 0.2) is 5.60 Å². The Morgan fingerprint density at radius 2 is 2.20 bits per heavy atom. The highest BCUT2D eigenvalue weighted by atomic mass is 16.5. The van der Waals surface area contributed by atoms with E-state index in [0.29, 0.717) is 12.8 Å². The topological polar surface area (TPSA) is 67.9 Å². The normalized spacial score (nSPS) is 25.4. The molecule has 0 bridgehead atoms. The molecule has 0 saturated carbocycles. The minimum atomic E-state index is -0.728. The molecule has 0 radical (unpaired) electrons. The van der Waals surface area contributed by atoms with Crippen LogP contribution in [0.4, 0.5) is 0 Å². The number of nitrogens with zero attached hydrogens (tertiary/aromatic N) is 2. The molecule has 5 heteroatoms. The van der Waals surface area contributed by atoms with E-state index in [4.69, 9.17) is 10.5 Å². The monoisotopic (exact) mass is 211 g/mol. The number of amidine groups is 1. The highest BCUT2D eigenvalue weighted by molar-refractivity contribution is 6.00. The average molecular weight is 211 g/mol. The van der Waals surface area contributed by atoms with Crippen molar-refractivity contribution in [2.45, 2.75) is 31.8 Å². The van der Waals surface area contributed by atoms with Gasteiger partial charge >= 0.3 is 0 Å². The van der Waals surface area contributed by atoms with Gasteiger partial charge in [0.05, 0.1) is 0 Å². The number of ether oxygens (including phenoxy) is 1. The molecule has 2 heterocycles. The molecule has 0 atom stereocenters. The number of aliphatic imine (C=N–C) groups is 1. The second kappa shape index (κ2) is 3.81. The van der Waals surface area contributed by atoms with Crippen molar-refractivity contribution in [2.24, 2.45) is 10.7 Å². The van der Waals surface area contributed by atoms with E-state index in [1.807, 2.05) is 0 Å². The lowest BCUT2D eigenvalue weighted by atomic mass is 9.91. The van der Waals surface area contributed by atoms with Crippen molar-refractivity contribution in [1.82, 2.24) is 4.90 Å². The van der Waals surface area contributed by atoms with Crippen LogP contribution in [0, 0.1) is 0 Å². The molecule has 1 fully saturated rings. The molecule has 1 amide bonds. The molecule has 1 saturated heterocycles. The van der Waals surface area contributed by atoms with E-state index in [2.05, 4.69) is 16.8 Å². The summed E-state index contributed by atoms with van der Waals surface area (Å²) in [6.07, 6.45) is 2.55. The minimum absolute atomic E-state index is 0.0314. The van der Waals surface area contributed by atoms with Crippen molar-refractivity contribution < 1.29 is 9.53 Å². The number of likely N-dealkylation sites (tertiary alicyclic amines) is 1. The molecule has 2 N–H and O–H groups in total. The number of hydrogen-bond acceptors (Lipinski definition) is 4. The predicted molar refractivity (Wildman–Crippen MR) is 56.4 cm³/mol. The Kier molecular flexibility index (Phi) is 2.65. The Labute approximate surface area is 89.3 Å². The van der Waals surface area contributed by atoms with Gasteiger partial charge in [-0.3, -0.25) is 4.79 Å². The summed E-state index contributed by atoms with van der Waals surface area (Å²) < 4.78 is 5.38. The number of carbonyl (C=O) groups is 1. The van der Waals surface area contributed by atoms with Crippen molar-refractivity contribution in [3.63, 3.8) is 0 Å². The summed E-state index contributed by atoms with van der Waals surface area (Å²) >= 11 is 0. The fraction of sp³-hybridized carbons (Fsp3) is 0.800. The maximum atomic E-state index is 11.6. The molecule has 15 heavy (non-hydrogen) atoms. The molecule has 0 aromatic carbocycles. The van der Waals surface area contributed by atoms with Crippen molar-refractivity contribution in [3.05, 3.63) is 0 Å². The Bertz CT molecular complexity index is 293. The summed E-state index contributed by atoms with van der Waals surface area (Å²) in [5, 5.41) is 0. The molecular weight excluding hydrogens is 194 g/mol. The lowest BCUT2D eigenvalue weighted by molar-refractivity contribution is -0.134. The second-order valence-corrected chi connectivity index (χ2v) is 4.19. The van der Waals surface area contributed by atoms with E-state index in [-0.39, 0.29) is 11.9 Å². The molecule has 0 aromatic heterocycles. The first kappa shape index (κ1) is 10.4. The molecule has 5 nitrogen and oxygen atoms in total. The number of amides is 1. The fourth-order valence-electron chi connectivity index (χ4n) is 2.24. The first-order chi connectivity index (χ1) is 7.16. The van der Waals surface area contributed by atoms with Crippen LogP contribution >= 0.6 is 0 Å². The fourth-order valence-corrected chi connectivity index (χ4v) is 2.24. The van der Waals surface area contributed by atoms with E-state index >= 15 is 0 Å². The van der Waals surface area contributed by atoms with E-state index < -0.39 is 5.60 Å². The molecular formula is C10H17N3O2. The number of rotatable bonds is 2. The van der Waals surface area contributed by atoms with Gasteiger partial charge in [-0.05, 0) is 13.0 Å². The van der Waals surface area contributed by atoms with Crippen molar-refractivity contribution >= 4 is 11.9 Å². The van der Waals surface area contributed by atoms with Gasteiger partial charge in [0.2, 0.25) is 0 Å². The van der Waals surface area contributed by atoms with Gasteiger partial charge in [-0.15, -0.1) is 0 Å². The van der Waals surface area contributed by atoms with Gasteiger partial charge in [0, 0.05) is 25.9 Å². The molecule has 2 aliphatic rings. The molecule has 1 spiro atoms. The minimum Gasteiger partial charge on any atom is -0.448 e. The van der Waals surface area contributed by atoms with Gasteiger partial charge in [0.1, 0.15) is 0 Å². The maximum Gasteiger partial charge on any atom is 0.294 e. The highest BCUT2D eigenvalue weighted by Crippen LogP contribution is 2.31. The molecule has 0 aromatic rings. The number of hydrogen-bond donors (Lipinski definition) is 1. The van der Waals surface area contributed by atoms with Crippen LogP contribution in [0.1, 0.15) is 26.2 Å². The van der Waals surface area contributed by atoms with Crippen LogP contribution in [-0.2, 0) is 9.53 Å². The first-order valence-corrected chi connectivity index (χ1v) is 5.46. The number of carbonyl (C=O) groups excluding carboxylic acids is 1. The lowest BCUT2D eigenvalue weighted by Gasteiger charge is -2.36. The lowest BCUT2D eigenvalue weighted by Crippen LogP contribution is -2.49. The number of nitrogens with two attached hydrogens (primary N) is 1. The Hall–Kier alpha value is -1.10. The van der Waals surface area contributed by atoms with Crippen LogP contribution in [-0.4, -0.2) is 42.1 Å². The van der Waals surface area contributed by atoms with Crippen molar-refractivity contribution in [3.8, 4) is 0 Å². The zero-order valence-electron chi connectivity index (χ0n) is 9.03. The van der Waals surface area contributed by atoms with Crippen molar-refractivity contribution in [1.29, 1.82) is 0 Å². The van der Waals surface area contributed by atoms with E-state index in [1.54, 1.807) is 0 Å². The molecule has 0 unspecified atom stereocenters. The molecule has 84 valence electrons. The quantitative estimate of drug-likeness (QED) is 0.703. The smallest absolute Gasteiger partial charge is 0.294 e. The van der Waals surface area contributed by atoms with Crippen LogP contribution in [0.3, 0.4) is 0 Å². The van der Waals surface area contributed by atoms with Gasteiger partial charge in [0.25, 0.3) is 11.9 Å². The Balaban J connectivity index is 1.96. The standard InChI is InChI=1S/C10H17N3O2/c1-2-5-13-6-3-10(4-7-13)8(14)12-9(11)15-10/h2-7H2,1H3,(H2,11,12,14). The van der Waals surface area contributed by atoms with Crippen LogP contribution in [0.15, 0.2) is 4.99 Å². The van der Waals surface area contributed by atoms with Gasteiger partial charge in [-0.2, -0.15) is 4.99 Å². The summed E-state index contributed by atoms with van der Waals surface area (Å²) in [7, 11) is 0. The largest absolute Gasteiger partial charge is 0.448 e. The molecule has 0 aliphatic carbocycles. The van der Waals surface area contributed by atoms with Crippen LogP contribution in [0.2, 0.25) is 0 Å². The van der Waals surface area contributed by atoms with E-state index in [0.717, 1.165) is 26.1 Å². The highest BCUT2D eigenvalue weighted by Gasteiger charge is 2.47. The first-order valence-electron chi connectivity index (χ1n) is 5.46. The third kappa shape index (κ3) is 1.84. The van der Waals surface area contributed by atoms with Crippen LogP contribution in [0.25, 0.3) is 0 Å². The number of piperidine rings is 1. The summed E-state index contributed by atoms with van der Waals surface area (Å²) in [5.74, 6) is -0.198. The van der Waals surface area contributed by atoms with Crippen LogP contribution in [0.5, 0.6) is 0 Å². The SMILES string of the molecule is CCCN1CCC2(CC1)OC(N)=NC2=O. The molecule has 2 aliphatic heterocycles. The van der Waals surface area contributed by atoms with E-state index in [1.165, 1.54) is 0 Å². The Morgan fingerprint density at radius 3 is 2.67 bits per heavy atom. The third-order valence-corrected chi connectivity index (χ3v) is 3.11. The summed E-state index contributed by atoms with van der Waals surface area (Å²) in [6.45, 7) is 5.02. The summed E-state index contributed by atoms with van der Waals surface area (Å²) in [5.41, 5.74) is 4.69. The second-order valence-electron chi connectivity index (χ2n) is 4.19. The average Bonchev–Trinajstić information content (AvgIpc) is 2.47.